The highest BCUT2D eigenvalue weighted by molar-refractivity contribution is 7.16. The van der Waals surface area contributed by atoms with Gasteiger partial charge in [0.15, 0.2) is 16.6 Å². The second kappa shape index (κ2) is 6.77. The van der Waals surface area contributed by atoms with Gasteiger partial charge in [0.2, 0.25) is 0 Å². The fraction of sp³-hybridized carbons (Fsp3) is 0.167. The molecule has 9 heteroatoms. The van der Waals surface area contributed by atoms with Gasteiger partial charge in [-0.1, -0.05) is 16.5 Å². The lowest BCUT2D eigenvalue weighted by atomic mass is 10.3. The first-order valence-electron chi connectivity index (χ1n) is 5.71. The molecule has 21 heavy (non-hydrogen) atoms. The maximum absolute atomic E-state index is 11.9. The van der Waals surface area contributed by atoms with Crippen LogP contribution >= 0.6 is 11.3 Å². The molecule has 2 heterocycles. The van der Waals surface area contributed by atoms with Crippen LogP contribution in [0.15, 0.2) is 22.9 Å². The first-order valence-corrected chi connectivity index (χ1v) is 6.53. The van der Waals surface area contributed by atoms with E-state index in [0.29, 0.717) is 15.8 Å². The van der Waals surface area contributed by atoms with E-state index in [2.05, 4.69) is 15.5 Å². The molecule has 0 fully saturated rings. The third-order valence-electron chi connectivity index (χ3n) is 2.21. The van der Waals surface area contributed by atoms with E-state index in [0.717, 1.165) is 17.4 Å². The van der Waals surface area contributed by atoms with Crippen molar-refractivity contribution in [1.82, 2.24) is 10.1 Å². The predicted molar refractivity (Wildman–Crippen MR) is 74.0 cm³/mol. The van der Waals surface area contributed by atoms with E-state index in [9.17, 15) is 9.59 Å². The van der Waals surface area contributed by atoms with Gasteiger partial charge in [0.1, 0.15) is 6.61 Å². The Hall–Kier alpha value is -2.52. The Morgan fingerprint density at radius 3 is 3.10 bits per heavy atom. The Kier molecular flexibility index (Phi) is 4.80. The van der Waals surface area contributed by atoms with Crippen molar-refractivity contribution in [1.29, 1.82) is 0 Å². The number of methoxy groups -OCH3 is 1. The molecule has 0 saturated carbocycles. The molecule has 0 saturated heterocycles. The second-order valence-corrected chi connectivity index (χ2v) is 4.87. The van der Waals surface area contributed by atoms with Crippen LogP contribution in [-0.2, 0) is 16.1 Å². The van der Waals surface area contributed by atoms with Crippen molar-refractivity contribution in [3.05, 3.63) is 34.7 Å². The molecule has 0 unspecified atom stereocenters. The Bertz CT molecular complexity index is 676. The van der Waals surface area contributed by atoms with Gasteiger partial charge in [-0.05, 0) is 6.08 Å². The lowest BCUT2D eigenvalue weighted by Gasteiger charge is -1.95. The minimum Gasteiger partial charge on any atom is -0.478 e. The van der Waals surface area contributed by atoms with Gasteiger partial charge in [-0.15, -0.1) is 0 Å². The Labute approximate surface area is 123 Å². The van der Waals surface area contributed by atoms with Crippen LogP contribution in [0.3, 0.4) is 0 Å². The van der Waals surface area contributed by atoms with Gasteiger partial charge in [-0.3, -0.25) is 10.1 Å². The monoisotopic (exact) mass is 309 g/mol. The summed E-state index contributed by atoms with van der Waals surface area (Å²) in [6, 6.07) is 1.47. The summed E-state index contributed by atoms with van der Waals surface area (Å²) in [5.74, 6) is -1.08. The number of hydrogen-bond acceptors (Lipinski definition) is 7. The number of carbonyl (C=O) groups excluding carboxylic acids is 1. The largest absolute Gasteiger partial charge is 0.478 e. The SMILES string of the molecule is COCc1cc(C(=O)Nc2ncc(C=CC(=O)O)s2)no1. The fourth-order valence-electron chi connectivity index (χ4n) is 1.37. The maximum atomic E-state index is 11.9. The van der Waals surface area contributed by atoms with E-state index >= 15 is 0 Å². The van der Waals surface area contributed by atoms with Crippen LogP contribution in [-0.4, -0.2) is 34.2 Å². The molecule has 110 valence electrons. The number of nitrogens with zero attached hydrogens (tertiary/aromatic N) is 2. The molecule has 0 aromatic carbocycles. The molecular weight excluding hydrogens is 298 g/mol. The molecule has 0 aliphatic heterocycles. The number of amides is 1. The molecular formula is C12H11N3O5S. The average molecular weight is 309 g/mol. The lowest BCUT2D eigenvalue weighted by Crippen LogP contribution is -2.11. The van der Waals surface area contributed by atoms with Gasteiger partial charge in [0.05, 0.1) is 0 Å². The molecule has 0 atom stereocenters. The van der Waals surface area contributed by atoms with Gasteiger partial charge >= 0.3 is 5.97 Å². The molecule has 1 amide bonds. The number of carboxylic acids is 1. The van der Waals surface area contributed by atoms with Crippen molar-refractivity contribution in [2.75, 3.05) is 12.4 Å². The summed E-state index contributed by atoms with van der Waals surface area (Å²) >= 11 is 1.14. The van der Waals surface area contributed by atoms with E-state index in [1.165, 1.54) is 25.4 Å². The van der Waals surface area contributed by atoms with Crippen LogP contribution in [0.5, 0.6) is 0 Å². The topological polar surface area (TPSA) is 115 Å². The first-order chi connectivity index (χ1) is 10.1. The fourth-order valence-corrected chi connectivity index (χ4v) is 2.08. The van der Waals surface area contributed by atoms with Crippen molar-refractivity contribution in [3.8, 4) is 0 Å². The zero-order valence-corrected chi connectivity index (χ0v) is 11.7. The van der Waals surface area contributed by atoms with Gasteiger partial charge in [0.25, 0.3) is 5.91 Å². The van der Waals surface area contributed by atoms with Gasteiger partial charge in [-0.2, -0.15) is 0 Å². The van der Waals surface area contributed by atoms with Crippen LogP contribution in [0.25, 0.3) is 6.08 Å². The molecule has 0 bridgehead atoms. The minimum absolute atomic E-state index is 0.111. The van der Waals surface area contributed by atoms with Crippen molar-refractivity contribution >= 4 is 34.4 Å². The molecule has 0 spiro atoms. The van der Waals surface area contributed by atoms with Gasteiger partial charge in [0, 0.05) is 30.3 Å². The van der Waals surface area contributed by atoms with Crippen LogP contribution in [0.4, 0.5) is 5.13 Å². The highest BCUT2D eigenvalue weighted by Crippen LogP contribution is 2.20. The number of aliphatic carboxylic acids is 1. The number of aromatic nitrogens is 2. The Morgan fingerprint density at radius 2 is 2.38 bits per heavy atom. The van der Waals surface area contributed by atoms with E-state index in [1.807, 2.05) is 0 Å². The summed E-state index contributed by atoms with van der Waals surface area (Å²) < 4.78 is 9.76. The van der Waals surface area contributed by atoms with Crippen molar-refractivity contribution in [2.24, 2.45) is 0 Å². The number of hydrogen-bond donors (Lipinski definition) is 2. The highest BCUT2D eigenvalue weighted by Gasteiger charge is 2.14. The summed E-state index contributed by atoms with van der Waals surface area (Å²) in [5, 5.41) is 15.0. The van der Waals surface area contributed by atoms with Crippen molar-refractivity contribution in [2.45, 2.75) is 6.61 Å². The summed E-state index contributed by atoms with van der Waals surface area (Å²) in [6.07, 6.45) is 3.84. The Morgan fingerprint density at radius 1 is 1.57 bits per heavy atom. The summed E-state index contributed by atoms with van der Waals surface area (Å²) in [6.45, 7) is 0.224. The minimum atomic E-state index is -1.05. The van der Waals surface area contributed by atoms with E-state index in [1.54, 1.807) is 0 Å². The normalized spacial score (nSPS) is 10.9. The quantitative estimate of drug-likeness (QED) is 0.779. The van der Waals surface area contributed by atoms with E-state index in [-0.39, 0.29) is 12.3 Å². The standard InChI is InChI=1S/C12H11N3O5S/c1-19-6-7-4-9(15-20-7)11(18)14-12-13-5-8(21-12)2-3-10(16)17/h2-5H,6H2,1H3,(H,16,17)(H,13,14,18). The lowest BCUT2D eigenvalue weighted by molar-refractivity contribution is -0.131. The van der Waals surface area contributed by atoms with E-state index < -0.39 is 11.9 Å². The number of rotatable bonds is 6. The van der Waals surface area contributed by atoms with Gasteiger partial charge < -0.3 is 14.4 Å². The maximum Gasteiger partial charge on any atom is 0.328 e. The second-order valence-electron chi connectivity index (χ2n) is 3.80. The molecule has 0 radical (unpaired) electrons. The molecule has 0 aliphatic rings. The molecule has 2 rings (SSSR count). The molecule has 8 nitrogen and oxygen atoms in total. The highest BCUT2D eigenvalue weighted by atomic mass is 32.1. The van der Waals surface area contributed by atoms with Crippen LogP contribution in [0, 0.1) is 0 Å². The Balaban J connectivity index is 2.00. The summed E-state index contributed by atoms with van der Waals surface area (Å²) in [5.41, 5.74) is 0.111. The number of ether oxygens (including phenoxy) is 1. The third kappa shape index (κ3) is 4.23. The molecule has 2 N–H and O–H groups in total. The van der Waals surface area contributed by atoms with Crippen molar-refractivity contribution < 1.29 is 24.0 Å². The summed E-state index contributed by atoms with van der Waals surface area (Å²) in [7, 11) is 1.50. The predicted octanol–water partition coefficient (Wildman–Crippen LogP) is 1.63. The molecule has 2 aromatic heterocycles. The van der Waals surface area contributed by atoms with Crippen LogP contribution < -0.4 is 5.32 Å². The molecule has 2 aromatic rings. The zero-order chi connectivity index (χ0) is 15.2. The number of thiazole rings is 1. The molecule has 0 aliphatic carbocycles. The van der Waals surface area contributed by atoms with Crippen LogP contribution in [0.2, 0.25) is 0 Å². The first kappa shape index (κ1) is 14.9. The third-order valence-corrected chi connectivity index (χ3v) is 3.09. The van der Waals surface area contributed by atoms with Crippen LogP contribution in [0.1, 0.15) is 21.1 Å². The smallest absolute Gasteiger partial charge is 0.328 e. The zero-order valence-electron chi connectivity index (χ0n) is 10.9. The summed E-state index contributed by atoms with van der Waals surface area (Å²) in [4.78, 5) is 26.9. The number of nitrogens with one attached hydrogen (secondary N) is 1. The number of anilines is 1. The van der Waals surface area contributed by atoms with E-state index in [4.69, 9.17) is 14.4 Å². The number of carbonyl (C=O) groups is 2. The van der Waals surface area contributed by atoms with Gasteiger partial charge in [-0.25, -0.2) is 9.78 Å². The number of carboxylic acid groups (broad SMARTS) is 1. The average Bonchev–Trinajstić information content (AvgIpc) is 3.06. The van der Waals surface area contributed by atoms with Crippen molar-refractivity contribution in [3.63, 3.8) is 0 Å².